The highest BCUT2D eigenvalue weighted by Gasteiger charge is 2.54. The molecule has 3 rings (SSSR count). The highest BCUT2D eigenvalue weighted by molar-refractivity contribution is 5.42. The van der Waals surface area contributed by atoms with Crippen LogP contribution in [0, 0.1) is 11.3 Å². The largest absolute Gasteiger partial charge is 0.396 e. The van der Waals surface area contributed by atoms with E-state index in [-0.39, 0.29) is 23.5 Å². The molecule has 0 bridgehead atoms. The molecule has 0 amide bonds. The predicted octanol–water partition coefficient (Wildman–Crippen LogP) is 2.89. The van der Waals surface area contributed by atoms with E-state index in [1.807, 2.05) is 19.9 Å². The van der Waals surface area contributed by atoms with Gasteiger partial charge in [-0.15, -0.1) is 0 Å². The van der Waals surface area contributed by atoms with Crippen LogP contribution >= 0.6 is 0 Å². The van der Waals surface area contributed by atoms with Gasteiger partial charge in [-0.3, -0.25) is 0 Å². The minimum Gasteiger partial charge on any atom is -0.396 e. The minimum absolute atomic E-state index is 0.110. The summed E-state index contributed by atoms with van der Waals surface area (Å²) in [4.78, 5) is 0. The number of fused-ring (bicyclic) bond motifs is 3. The van der Waals surface area contributed by atoms with Gasteiger partial charge in [0.2, 0.25) is 0 Å². The first-order valence-corrected chi connectivity index (χ1v) is 8.75. The molecule has 3 nitrogen and oxygen atoms in total. The van der Waals surface area contributed by atoms with Gasteiger partial charge in [0.15, 0.2) is 0 Å². The molecule has 2 aliphatic rings. The fraction of sp³-hybridized carbons (Fsp3) is 0.700. The first kappa shape index (κ1) is 16.9. The molecule has 1 aromatic rings. The first-order chi connectivity index (χ1) is 10.6. The maximum absolute atomic E-state index is 10.4. The van der Waals surface area contributed by atoms with Crippen LogP contribution in [0.25, 0.3) is 0 Å². The highest BCUT2D eigenvalue weighted by Crippen LogP contribution is 2.57. The van der Waals surface area contributed by atoms with Gasteiger partial charge >= 0.3 is 0 Å². The number of hydrogen-bond acceptors (Lipinski definition) is 3. The molecule has 2 aliphatic carbocycles. The summed E-state index contributed by atoms with van der Waals surface area (Å²) in [6, 6.07) is 6.29. The Morgan fingerprint density at radius 1 is 1.22 bits per heavy atom. The number of benzene rings is 1. The molecular formula is C20H30O3. The second-order valence-electron chi connectivity index (χ2n) is 8.81. The zero-order valence-electron chi connectivity index (χ0n) is 14.8. The Bertz CT molecular complexity index is 603. The lowest BCUT2D eigenvalue weighted by Gasteiger charge is -2.56. The van der Waals surface area contributed by atoms with Gasteiger partial charge in [-0.1, -0.05) is 32.0 Å². The molecule has 4 atom stereocenters. The van der Waals surface area contributed by atoms with Crippen LogP contribution in [0.4, 0.5) is 0 Å². The monoisotopic (exact) mass is 318 g/mol. The normalized spacial score (nSPS) is 37.2. The molecule has 3 N–H and O–H groups in total. The fourth-order valence-corrected chi connectivity index (χ4v) is 5.33. The molecule has 1 aromatic carbocycles. The van der Waals surface area contributed by atoms with Gasteiger partial charge < -0.3 is 15.3 Å². The van der Waals surface area contributed by atoms with E-state index in [1.54, 1.807) is 0 Å². The lowest BCUT2D eigenvalue weighted by atomic mass is 9.49. The minimum atomic E-state index is -0.835. The Morgan fingerprint density at radius 3 is 2.52 bits per heavy atom. The van der Waals surface area contributed by atoms with Crippen LogP contribution in [0.1, 0.15) is 63.6 Å². The third kappa shape index (κ3) is 2.63. The van der Waals surface area contributed by atoms with Crippen molar-refractivity contribution in [2.45, 2.75) is 70.5 Å². The van der Waals surface area contributed by atoms with Crippen molar-refractivity contribution in [3.05, 3.63) is 34.9 Å². The summed E-state index contributed by atoms with van der Waals surface area (Å²) >= 11 is 0. The van der Waals surface area contributed by atoms with Crippen molar-refractivity contribution >= 4 is 0 Å². The summed E-state index contributed by atoms with van der Waals surface area (Å²) in [6.45, 7) is 8.12. The smallest absolute Gasteiger partial charge is 0.0840 e. The Hall–Kier alpha value is -0.900. The highest BCUT2D eigenvalue weighted by atomic mass is 16.3. The number of hydrogen-bond donors (Lipinski definition) is 3. The molecule has 1 saturated carbocycles. The van der Waals surface area contributed by atoms with Gasteiger partial charge in [0.25, 0.3) is 0 Å². The standard InChI is InChI=1S/C20H30O3/c1-18(2,23)14-6-7-16-13(9-14)5-8-17-19(3,12-21)10-15(22)11-20(16,17)4/h6-7,9,15,17,21-23H,5,8,10-12H2,1-4H3/t15-,17-,19-,20+/m0/s1. The number of aryl methyl sites for hydroxylation is 1. The van der Waals surface area contributed by atoms with E-state index in [0.717, 1.165) is 24.8 Å². The molecule has 1 fully saturated rings. The summed E-state index contributed by atoms with van der Waals surface area (Å²) in [5.74, 6) is 0.379. The van der Waals surface area contributed by atoms with Crippen molar-refractivity contribution in [3.63, 3.8) is 0 Å². The molecule has 0 aromatic heterocycles. The zero-order valence-corrected chi connectivity index (χ0v) is 14.8. The van der Waals surface area contributed by atoms with Crippen molar-refractivity contribution in [1.82, 2.24) is 0 Å². The van der Waals surface area contributed by atoms with Crippen LogP contribution in [0.15, 0.2) is 18.2 Å². The van der Waals surface area contributed by atoms with Crippen LogP contribution in [0.5, 0.6) is 0 Å². The maximum Gasteiger partial charge on any atom is 0.0840 e. The SMILES string of the molecule is CC(C)(O)c1ccc2c(c1)CC[C@H]1[C@](C)(CO)C[C@H](O)C[C@]21C. The van der Waals surface area contributed by atoms with E-state index >= 15 is 0 Å². The van der Waals surface area contributed by atoms with Crippen molar-refractivity contribution in [1.29, 1.82) is 0 Å². The fourth-order valence-electron chi connectivity index (χ4n) is 5.33. The molecule has 3 heteroatoms. The number of aliphatic hydroxyl groups is 3. The Morgan fingerprint density at radius 2 is 1.91 bits per heavy atom. The Labute approximate surface area is 139 Å². The molecule has 0 aliphatic heterocycles. The van der Waals surface area contributed by atoms with E-state index in [2.05, 4.69) is 26.0 Å². The molecule has 23 heavy (non-hydrogen) atoms. The van der Waals surface area contributed by atoms with E-state index in [4.69, 9.17) is 0 Å². The number of rotatable bonds is 2. The lowest BCUT2D eigenvalue weighted by molar-refractivity contribution is -0.0735. The molecule has 128 valence electrons. The van der Waals surface area contributed by atoms with Crippen LogP contribution in [-0.4, -0.2) is 28.0 Å². The van der Waals surface area contributed by atoms with Crippen molar-refractivity contribution in [2.24, 2.45) is 11.3 Å². The summed E-state index contributed by atoms with van der Waals surface area (Å²) in [5, 5.41) is 30.7. The summed E-state index contributed by atoms with van der Waals surface area (Å²) < 4.78 is 0. The third-order valence-electron chi connectivity index (χ3n) is 6.46. The van der Waals surface area contributed by atoms with Crippen LogP contribution < -0.4 is 0 Å². The first-order valence-electron chi connectivity index (χ1n) is 8.75. The predicted molar refractivity (Wildman–Crippen MR) is 91.3 cm³/mol. The van der Waals surface area contributed by atoms with E-state index in [9.17, 15) is 15.3 Å². The maximum atomic E-state index is 10.4. The van der Waals surface area contributed by atoms with Crippen LogP contribution in [0.2, 0.25) is 0 Å². The summed E-state index contributed by atoms with van der Waals surface area (Å²) in [7, 11) is 0. The summed E-state index contributed by atoms with van der Waals surface area (Å²) in [6.07, 6.45) is 3.07. The molecule has 0 radical (unpaired) electrons. The Balaban J connectivity index is 2.08. The van der Waals surface area contributed by atoms with Gasteiger partial charge in [0, 0.05) is 6.61 Å². The molecular weight excluding hydrogens is 288 g/mol. The molecule has 0 spiro atoms. The number of aliphatic hydroxyl groups excluding tert-OH is 2. The molecule has 0 unspecified atom stereocenters. The van der Waals surface area contributed by atoms with Crippen molar-refractivity contribution in [3.8, 4) is 0 Å². The van der Waals surface area contributed by atoms with Crippen LogP contribution in [-0.2, 0) is 17.4 Å². The summed E-state index contributed by atoms with van der Waals surface area (Å²) in [5.41, 5.74) is 2.36. The van der Waals surface area contributed by atoms with Crippen molar-refractivity contribution in [2.75, 3.05) is 6.61 Å². The van der Waals surface area contributed by atoms with Crippen LogP contribution in [0.3, 0.4) is 0 Å². The second kappa shape index (κ2) is 5.30. The topological polar surface area (TPSA) is 60.7 Å². The Kier molecular flexibility index (Phi) is 3.90. The molecule has 0 saturated heterocycles. The van der Waals surface area contributed by atoms with Gasteiger partial charge in [-0.25, -0.2) is 0 Å². The van der Waals surface area contributed by atoms with Gasteiger partial charge in [0.1, 0.15) is 0 Å². The van der Waals surface area contributed by atoms with Gasteiger partial charge in [0.05, 0.1) is 11.7 Å². The van der Waals surface area contributed by atoms with E-state index < -0.39 is 5.60 Å². The van der Waals surface area contributed by atoms with E-state index in [1.165, 1.54) is 11.1 Å². The van der Waals surface area contributed by atoms with Crippen molar-refractivity contribution < 1.29 is 15.3 Å². The second-order valence-corrected chi connectivity index (χ2v) is 8.81. The third-order valence-corrected chi connectivity index (χ3v) is 6.46. The average Bonchev–Trinajstić information content (AvgIpc) is 2.44. The zero-order chi connectivity index (χ0) is 17.0. The van der Waals surface area contributed by atoms with E-state index in [0.29, 0.717) is 12.3 Å². The molecule has 0 heterocycles. The quantitative estimate of drug-likeness (QED) is 0.786. The lowest BCUT2D eigenvalue weighted by Crippen LogP contribution is -2.54. The van der Waals surface area contributed by atoms with Gasteiger partial charge in [-0.05, 0) is 73.0 Å². The average molecular weight is 318 g/mol. The van der Waals surface area contributed by atoms with Gasteiger partial charge in [-0.2, -0.15) is 0 Å².